The smallest absolute Gasteiger partial charge is 0.304 e. The Morgan fingerprint density at radius 3 is 2.50 bits per heavy atom. The summed E-state index contributed by atoms with van der Waals surface area (Å²) < 4.78 is 0.684. The van der Waals surface area contributed by atoms with E-state index in [4.69, 9.17) is 5.11 Å². The van der Waals surface area contributed by atoms with Gasteiger partial charge in [0.15, 0.2) is 0 Å². The molecule has 4 nitrogen and oxygen atoms in total. The first-order valence-corrected chi connectivity index (χ1v) is 4.28. The highest BCUT2D eigenvalue weighted by Crippen LogP contribution is 1.93. The van der Waals surface area contributed by atoms with Crippen LogP contribution in [0.2, 0.25) is 0 Å². The van der Waals surface area contributed by atoms with Gasteiger partial charge in [-0.05, 0) is 6.42 Å². The lowest BCUT2D eigenvalue weighted by Crippen LogP contribution is -2.52. The van der Waals surface area contributed by atoms with Crippen LogP contribution in [0.4, 0.5) is 0 Å². The van der Waals surface area contributed by atoms with Crippen molar-refractivity contribution in [3.8, 4) is 0 Å². The Hall–Kier alpha value is -0.610. The van der Waals surface area contributed by atoms with Gasteiger partial charge in [-0.15, -0.1) is 0 Å². The molecule has 0 aliphatic carbocycles. The lowest BCUT2D eigenvalue weighted by molar-refractivity contribution is -0.934. The summed E-state index contributed by atoms with van der Waals surface area (Å²) in [5.41, 5.74) is 3.15. The van der Waals surface area contributed by atoms with E-state index < -0.39 is 5.97 Å². The quantitative estimate of drug-likeness (QED) is 0.455. The van der Waals surface area contributed by atoms with Crippen molar-refractivity contribution in [2.75, 3.05) is 27.2 Å². The maximum Gasteiger partial charge on any atom is 0.304 e. The van der Waals surface area contributed by atoms with E-state index >= 15 is 0 Å². The molecule has 0 aromatic carbocycles. The molecule has 2 N–H and O–H groups in total. The van der Waals surface area contributed by atoms with E-state index in [1.165, 1.54) is 0 Å². The van der Waals surface area contributed by atoms with Gasteiger partial charge in [-0.1, -0.05) is 6.92 Å². The molecule has 12 heavy (non-hydrogen) atoms. The average Bonchev–Trinajstić information content (AvgIpc) is 1.85. The molecule has 0 aliphatic heterocycles. The second-order valence-corrected chi connectivity index (χ2v) is 3.46. The second-order valence-electron chi connectivity index (χ2n) is 3.46. The van der Waals surface area contributed by atoms with Crippen LogP contribution < -0.4 is 5.43 Å². The van der Waals surface area contributed by atoms with Gasteiger partial charge in [0.25, 0.3) is 0 Å². The highest BCUT2D eigenvalue weighted by Gasteiger charge is 2.12. The van der Waals surface area contributed by atoms with Gasteiger partial charge in [-0.25, -0.2) is 0 Å². The number of carbonyl (C=O) groups is 1. The van der Waals surface area contributed by atoms with Crippen molar-refractivity contribution in [3.63, 3.8) is 0 Å². The summed E-state index contributed by atoms with van der Waals surface area (Å²) in [7, 11) is 4.07. The molecule has 0 saturated heterocycles. The van der Waals surface area contributed by atoms with Gasteiger partial charge in [0.05, 0.1) is 33.6 Å². The molecular weight excluding hydrogens is 156 g/mol. The molecular formula is C8H19N2O2+. The molecule has 0 radical (unpaired) electrons. The highest BCUT2D eigenvalue weighted by molar-refractivity contribution is 5.66. The zero-order chi connectivity index (χ0) is 9.61. The highest BCUT2D eigenvalue weighted by atomic mass is 16.4. The van der Waals surface area contributed by atoms with Gasteiger partial charge < -0.3 is 5.11 Å². The van der Waals surface area contributed by atoms with Crippen molar-refractivity contribution in [3.05, 3.63) is 0 Å². The van der Waals surface area contributed by atoms with Crippen molar-refractivity contribution >= 4 is 5.97 Å². The van der Waals surface area contributed by atoms with Crippen LogP contribution in [0, 0.1) is 0 Å². The minimum absolute atomic E-state index is 0.186. The SMILES string of the molecule is CCC[N+](C)(C)NCCC(=O)O. The fraction of sp³-hybridized carbons (Fsp3) is 0.875. The van der Waals surface area contributed by atoms with Crippen LogP contribution in [0.5, 0.6) is 0 Å². The Morgan fingerprint density at radius 1 is 1.50 bits per heavy atom. The Balaban J connectivity index is 3.53. The van der Waals surface area contributed by atoms with Crippen molar-refractivity contribution < 1.29 is 14.5 Å². The van der Waals surface area contributed by atoms with Crippen LogP contribution in [0.3, 0.4) is 0 Å². The third-order valence-corrected chi connectivity index (χ3v) is 1.66. The summed E-state index contributed by atoms with van der Waals surface area (Å²) in [6.45, 7) is 3.65. The molecule has 0 bridgehead atoms. The first-order chi connectivity index (χ1) is 5.48. The van der Waals surface area contributed by atoms with Crippen LogP contribution in [-0.4, -0.2) is 42.9 Å². The van der Waals surface area contributed by atoms with Crippen molar-refractivity contribution in [2.45, 2.75) is 19.8 Å². The third kappa shape index (κ3) is 6.12. The Bertz CT molecular complexity index is 146. The fourth-order valence-corrected chi connectivity index (χ4v) is 1.10. The van der Waals surface area contributed by atoms with Crippen LogP contribution in [0.15, 0.2) is 0 Å². The zero-order valence-corrected chi connectivity index (χ0v) is 8.13. The van der Waals surface area contributed by atoms with Gasteiger partial charge in [0.1, 0.15) is 0 Å². The molecule has 0 saturated carbocycles. The standard InChI is InChI=1S/C8H18N2O2/c1-4-7-10(2,3)9-6-5-8(11)12/h9H,4-7H2,1-3H3/p+1. The number of rotatable bonds is 6. The minimum Gasteiger partial charge on any atom is -0.481 e. The van der Waals surface area contributed by atoms with Gasteiger partial charge in [0, 0.05) is 0 Å². The molecule has 0 amide bonds. The molecule has 72 valence electrons. The number of nitrogens with one attached hydrogen (secondary N) is 1. The molecule has 0 aliphatic rings. The van der Waals surface area contributed by atoms with Crippen LogP contribution >= 0.6 is 0 Å². The summed E-state index contributed by atoms with van der Waals surface area (Å²) in [5.74, 6) is -0.751. The molecule has 0 fully saturated rings. The van der Waals surface area contributed by atoms with Gasteiger partial charge in [0.2, 0.25) is 0 Å². The number of nitrogens with zero attached hydrogens (tertiary/aromatic N) is 1. The molecule has 0 aromatic rings. The average molecular weight is 175 g/mol. The van der Waals surface area contributed by atoms with E-state index in [0.29, 0.717) is 11.1 Å². The number of hydrogen-bond donors (Lipinski definition) is 2. The fourth-order valence-electron chi connectivity index (χ4n) is 1.10. The predicted molar refractivity (Wildman–Crippen MR) is 47.5 cm³/mol. The zero-order valence-electron chi connectivity index (χ0n) is 8.13. The Kier molecular flexibility index (Phi) is 4.85. The number of hydrogen-bond acceptors (Lipinski definition) is 2. The first-order valence-electron chi connectivity index (χ1n) is 4.28. The summed E-state index contributed by atoms with van der Waals surface area (Å²) in [6, 6.07) is 0. The van der Waals surface area contributed by atoms with Crippen LogP contribution in [-0.2, 0) is 4.79 Å². The summed E-state index contributed by atoms with van der Waals surface area (Å²) in [6.07, 6.45) is 1.28. The Labute approximate surface area is 73.7 Å². The van der Waals surface area contributed by atoms with Gasteiger partial charge in [-0.3, -0.25) is 9.39 Å². The van der Waals surface area contributed by atoms with Crippen LogP contribution in [0.1, 0.15) is 19.8 Å². The van der Waals surface area contributed by atoms with Gasteiger partial charge >= 0.3 is 5.97 Å². The number of carboxylic acid groups (broad SMARTS) is 1. The normalized spacial score (nSPS) is 11.6. The van der Waals surface area contributed by atoms with Crippen molar-refractivity contribution in [1.29, 1.82) is 0 Å². The molecule has 0 spiro atoms. The molecule has 0 aromatic heterocycles. The summed E-state index contributed by atoms with van der Waals surface area (Å²) in [4.78, 5) is 10.2. The maximum atomic E-state index is 10.2. The molecule has 0 unspecified atom stereocenters. The van der Waals surface area contributed by atoms with Crippen LogP contribution in [0.25, 0.3) is 0 Å². The van der Waals surface area contributed by atoms with E-state index in [-0.39, 0.29) is 6.42 Å². The summed E-state index contributed by atoms with van der Waals surface area (Å²) >= 11 is 0. The van der Waals surface area contributed by atoms with E-state index in [1.54, 1.807) is 0 Å². The molecule has 0 rings (SSSR count). The lowest BCUT2D eigenvalue weighted by atomic mass is 10.4. The second kappa shape index (κ2) is 5.11. The number of carboxylic acids is 1. The van der Waals surface area contributed by atoms with E-state index in [9.17, 15) is 4.79 Å². The first kappa shape index (κ1) is 11.4. The van der Waals surface area contributed by atoms with E-state index in [2.05, 4.69) is 12.3 Å². The predicted octanol–water partition coefficient (Wildman–Crippen LogP) is 0.452. The monoisotopic (exact) mass is 175 g/mol. The largest absolute Gasteiger partial charge is 0.481 e. The van der Waals surface area contributed by atoms with Crippen molar-refractivity contribution in [1.82, 2.24) is 5.43 Å². The van der Waals surface area contributed by atoms with E-state index in [0.717, 1.165) is 13.0 Å². The number of quaternary nitrogens is 1. The minimum atomic E-state index is -0.751. The van der Waals surface area contributed by atoms with Gasteiger partial charge in [-0.2, -0.15) is 5.43 Å². The van der Waals surface area contributed by atoms with Crippen molar-refractivity contribution in [2.24, 2.45) is 0 Å². The topological polar surface area (TPSA) is 49.3 Å². The number of aliphatic carboxylic acids is 1. The Morgan fingerprint density at radius 2 is 2.08 bits per heavy atom. The molecule has 4 heteroatoms. The lowest BCUT2D eigenvalue weighted by Gasteiger charge is -2.28. The maximum absolute atomic E-state index is 10.2. The summed E-state index contributed by atoms with van der Waals surface area (Å²) in [5, 5.41) is 8.39. The molecule has 0 atom stereocenters. The molecule has 0 heterocycles. The third-order valence-electron chi connectivity index (χ3n) is 1.66. The van der Waals surface area contributed by atoms with E-state index in [1.807, 2.05) is 14.1 Å².